The summed E-state index contributed by atoms with van der Waals surface area (Å²) in [5.41, 5.74) is 8.85. The van der Waals surface area contributed by atoms with Gasteiger partial charge in [0.25, 0.3) is 5.91 Å². The van der Waals surface area contributed by atoms with E-state index in [1.165, 1.54) is 30.5 Å². The Kier molecular flexibility index (Phi) is 6.79. The third-order valence-corrected chi connectivity index (χ3v) is 7.92. The van der Waals surface area contributed by atoms with E-state index in [1.54, 1.807) is 29.8 Å². The molecule has 1 saturated heterocycles. The van der Waals surface area contributed by atoms with Crippen molar-refractivity contribution >= 4 is 45.1 Å². The summed E-state index contributed by atoms with van der Waals surface area (Å²) in [6.45, 7) is 1.96. The first-order valence-electron chi connectivity index (χ1n) is 12.9. The highest BCUT2D eigenvalue weighted by Crippen LogP contribution is 2.34. The van der Waals surface area contributed by atoms with Gasteiger partial charge in [0.05, 0.1) is 11.4 Å². The molecule has 3 N–H and O–H groups in total. The molecule has 0 spiro atoms. The molecule has 12 heteroatoms. The van der Waals surface area contributed by atoms with Crippen LogP contribution in [0.3, 0.4) is 0 Å². The highest BCUT2D eigenvalue weighted by molar-refractivity contribution is 7.13. The SMILES string of the molecule is CN(CC=CC(=O)N1CC[C@@H](n2nc(-c3ccc(C(=O)Nc4nccs4)cc3)c3c(N)ncnc32)C1)C1CC1. The van der Waals surface area contributed by atoms with Gasteiger partial charge in [0.1, 0.15) is 17.8 Å². The molecular formula is C27H29N9O2S. The van der Waals surface area contributed by atoms with E-state index in [1.807, 2.05) is 27.8 Å². The zero-order chi connectivity index (χ0) is 26.9. The van der Waals surface area contributed by atoms with Gasteiger partial charge in [-0.3, -0.25) is 19.8 Å². The zero-order valence-electron chi connectivity index (χ0n) is 21.5. The average molecular weight is 544 g/mol. The molecule has 39 heavy (non-hydrogen) atoms. The lowest BCUT2D eigenvalue weighted by Gasteiger charge is -2.16. The Labute approximate surface area is 229 Å². The molecule has 2 fully saturated rings. The van der Waals surface area contributed by atoms with Crippen LogP contribution in [-0.2, 0) is 4.79 Å². The van der Waals surface area contributed by atoms with Crippen LogP contribution in [0.5, 0.6) is 0 Å². The minimum absolute atomic E-state index is 0.0131. The molecule has 0 radical (unpaired) electrons. The van der Waals surface area contributed by atoms with E-state index in [2.05, 4.69) is 32.2 Å². The van der Waals surface area contributed by atoms with Gasteiger partial charge in [-0.05, 0) is 38.4 Å². The molecule has 1 aliphatic carbocycles. The molecule has 200 valence electrons. The number of hydrogen-bond donors (Lipinski definition) is 2. The van der Waals surface area contributed by atoms with Gasteiger partial charge in [0.15, 0.2) is 10.8 Å². The molecule has 1 saturated carbocycles. The number of carbonyl (C=O) groups excluding carboxylic acids is 2. The monoisotopic (exact) mass is 543 g/mol. The van der Waals surface area contributed by atoms with Crippen LogP contribution in [0.25, 0.3) is 22.3 Å². The van der Waals surface area contributed by atoms with Gasteiger partial charge in [0, 0.05) is 54.5 Å². The second-order valence-electron chi connectivity index (χ2n) is 9.92. The summed E-state index contributed by atoms with van der Waals surface area (Å²) < 4.78 is 1.86. The maximum Gasteiger partial charge on any atom is 0.257 e. The van der Waals surface area contributed by atoms with Crippen LogP contribution >= 0.6 is 11.3 Å². The number of anilines is 2. The van der Waals surface area contributed by atoms with Crippen molar-refractivity contribution in [2.45, 2.75) is 31.3 Å². The number of hydrogen-bond acceptors (Lipinski definition) is 9. The maximum absolute atomic E-state index is 12.8. The first-order valence-corrected chi connectivity index (χ1v) is 13.8. The minimum Gasteiger partial charge on any atom is -0.383 e. The molecule has 4 heterocycles. The summed E-state index contributed by atoms with van der Waals surface area (Å²) in [4.78, 5) is 42.3. The maximum atomic E-state index is 12.8. The molecule has 11 nitrogen and oxygen atoms in total. The van der Waals surface area contributed by atoms with Crippen LogP contribution in [0.2, 0.25) is 0 Å². The predicted octanol–water partition coefficient (Wildman–Crippen LogP) is 3.21. The Morgan fingerprint density at radius 2 is 2.00 bits per heavy atom. The number of nitrogen functional groups attached to an aromatic ring is 1. The molecule has 1 aromatic carbocycles. The minimum atomic E-state index is -0.237. The predicted molar refractivity (Wildman–Crippen MR) is 150 cm³/mol. The fraction of sp³-hybridized carbons (Fsp3) is 0.333. The molecule has 0 bridgehead atoms. The lowest BCUT2D eigenvalue weighted by atomic mass is 10.1. The zero-order valence-corrected chi connectivity index (χ0v) is 22.3. The van der Waals surface area contributed by atoms with Crippen molar-refractivity contribution in [3.05, 3.63) is 59.9 Å². The van der Waals surface area contributed by atoms with E-state index in [0.717, 1.165) is 18.5 Å². The molecule has 0 unspecified atom stereocenters. The second kappa shape index (κ2) is 10.5. The van der Waals surface area contributed by atoms with Crippen molar-refractivity contribution in [3.8, 4) is 11.3 Å². The number of likely N-dealkylation sites (N-methyl/N-ethyl adjacent to an activating group) is 1. The van der Waals surface area contributed by atoms with Crippen molar-refractivity contribution < 1.29 is 9.59 Å². The highest BCUT2D eigenvalue weighted by Gasteiger charge is 2.30. The molecule has 1 atom stereocenters. The van der Waals surface area contributed by atoms with Crippen molar-refractivity contribution in [1.29, 1.82) is 0 Å². The Hall–Kier alpha value is -4.16. The molecule has 2 aliphatic rings. The number of nitrogens with one attached hydrogen (secondary N) is 1. The van der Waals surface area contributed by atoms with Gasteiger partial charge in [-0.15, -0.1) is 11.3 Å². The normalized spacial score (nSPS) is 17.5. The fourth-order valence-electron chi connectivity index (χ4n) is 4.92. The lowest BCUT2D eigenvalue weighted by Crippen LogP contribution is -2.28. The van der Waals surface area contributed by atoms with Crippen LogP contribution in [0, 0.1) is 0 Å². The molecule has 4 aromatic rings. The summed E-state index contributed by atoms with van der Waals surface area (Å²) in [6.07, 6.45) is 9.95. The highest BCUT2D eigenvalue weighted by atomic mass is 32.1. The van der Waals surface area contributed by atoms with E-state index in [9.17, 15) is 9.59 Å². The number of thiazole rings is 1. The second-order valence-corrected chi connectivity index (χ2v) is 10.8. The van der Waals surface area contributed by atoms with Crippen LogP contribution in [0.4, 0.5) is 10.9 Å². The number of amides is 2. The van der Waals surface area contributed by atoms with Gasteiger partial charge >= 0.3 is 0 Å². The van der Waals surface area contributed by atoms with E-state index >= 15 is 0 Å². The molecule has 2 amide bonds. The van der Waals surface area contributed by atoms with Crippen LogP contribution in [0.15, 0.2) is 54.3 Å². The number of fused-ring (bicyclic) bond motifs is 1. The summed E-state index contributed by atoms with van der Waals surface area (Å²) in [5, 5.41) is 10.7. The van der Waals surface area contributed by atoms with E-state index in [4.69, 9.17) is 10.8 Å². The number of nitrogens with zero attached hydrogens (tertiary/aromatic N) is 7. The van der Waals surface area contributed by atoms with E-state index in [0.29, 0.717) is 52.4 Å². The lowest BCUT2D eigenvalue weighted by molar-refractivity contribution is -0.125. The summed E-state index contributed by atoms with van der Waals surface area (Å²) in [5.74, 6) is 0.110. The summed E-state index contributed by atoms with van der Waals surface area (Å²) in [7, 11) is 2.09. The number of nitrogens with two attached hydrogens (primary N) is 1. The van der Waals surface area contributed by atoms with Gasteiger partial charge < -0.3 is 10.6 Å². The quantitative estimate of drug-likeness (QED) is 0.324. The smallest absolute Gasteiger partial charge is 0.257 e. The Bertz CT molecular complexity index is 1530. The summed E-state index contributed by atoms with van der Waals surface area (Å²) >= 11 is 1.36. The van der Waals surface area contributed by atoms with Crippen LogP contribution in [0.1, 0.15) is 35.7 Å². The van der Waals surface area contributed by atoms with E-state index < -0.39 is 0 Å². The van der Waals surface area contributed by atoms with Crippen molar-refractivity contribution in [2.75, 3.05) is 37.7 Å². The van der Waals surface area contributed by atoms with Gasteiger partial charge in [-0.25, -0.2) is 19.6 Å². The van der Waals surface area contributed by atoms with Crippen molar-refractivity contribution in [2.24, 2.45) is 0 Å². The molecular weight excluding hydrogens is 514 g/mol. The number of benzene rings is 1. The van der Waals surface area contributed by atoms with Gasteiger partial charge in [-0.2, -0.15) is 5.10 Å². The Morgan fingerprint density at radius 1 is 1.18 bits per heavy atom. The number of carbonyl (C=O) groups is 2. The number of likely N-dealkylation sites (tertiary alicyclic amines) is 1. The first kappa shape index (κ1) is 25.1. The fourth-order valence-corrected chi connectivity index (χ4v) is 5.44. The third-order valence-electron chi connectivity index (χ3n) is 7.24. The Balaban J connectivity index is 1.21. The standard InChI is InChI=1S/C27H29N9O2S/c1-34(19-8-9-19)12-2-3-21(37)35-13-10-20(15-35)36-25-22(24(28)30-16-31-25)23(33-36)17-4-6-18(7-5-17)26(38)32-27-29-11-14-39-27/h2-7,11,14,16,19-20H,8-10,12-13,15H2,1H3,(H2,28,30,31)(H,29,32,38)/t20-/m1/s1. The van der Waals surface area contributed by atoms with Gasteiger partial charge in [-0.1, -0.05) is 18.2 Å². The van der Waals surface area contributed by atoms with Crippen LogP contribution in [-0.4, -0.2) is 79.1 Å². The summed E-state index contributed by atoms with van der Waals surface area (Å²) in [6, 6.07) is 7.78. The average Bonchev–Trinajstić information content (AvgIpc) is 3.29. The Morgan fingerprint density at radius 3 is 2.74 bits per heavy atom. The largest absolute Gasteiger partial charge is 0.383 e. The molecule has 1 aliphatic heterocycles. The molecule has 6 rings (SSSR count). The third kappa shape index (κ3) is 5.25. The molecule has 3 aromatic heterocycles. The number of rotatable bonds is 8. The first-order chi connectivity index (χ1) is 19.0. The van der Waals surface area contributed by atoms with Crippen molar-refractivity contribution in [3.63, 3.8) is 0 Å². The number of aromatic nitrogens is 5. The van der Waals surface area contributed by atoms with Gasteiger partial charge in [0.2, 0.25) is 5.91 Å². The topological polar surface area (TPSA) is 135 Å². The van der Waals surface area contributed by atoms with Crippen LogP contribution < -0.4 is 11.1 Å². The van der Waals surface area contributed by atoms with E-state index in [-0.39, 0.29) is 17.9 Å². The van der Waals surface area contributed by atoms with Crippen molar-refractivity contribution in [1.82, 2.24) is 34.5 Å².